The highest BCUT2D eigenvalue weighted by Gasteiger charge is 1.93. The van der Waals surface area contributed by atoms with E-state index in [2.05, 4.69) is 65.8 Å². The molecule has 0 aliphatic heterocycles. The highest BCUT2D eigenvalue weighted by atomic mass is 16.1. The number of ketones is 2. The van der Waals surface area contributed by atoms with Crippen molar-refractivity contribution in [3.05, 3.63) is 46.6 Å². The number of carbonyl (C=O) groups excluding carboxylic acids is 2. The first-order chi connectivity index (χ1) is 13.0. The molecule has 0 aromatic rings. The highest BCUT2D eigenvalue weighted by molar-refractivity contribution is 5.75. The monoisotopic (exact) mass is 388 g/mol. The Kier molecular flexibility index (Phi) is 19.0. The van der Waals surface area contributed by atoms with Gasteiger partial charge >= 0.3 is 0 Å². The van der Waals surface area contributed by atoms with Gasteiger partial charge in [-0.05, 0) is 93.9 Å². The maximum absolute atomic E-state index is 10.7. The van der Waals surface area contributed by atoms with Crippen LogP contribution >= 0.6 is 0 Å². The van der Waals surface area contributed by atoms with E-state index in [-0.39, 0.29) is 11.6 Å². The first-order valence-electron chi connectivity index (χ1n) is 10.6. The van der Waals surface area contributed by atoms with Gasteiger partial charge in [-0.3, -0.25) is 0 Å². The molecule has 0 amide bonds. The molecule has 0 rings (SSSR count). The number of carbonyl (C=O) groups is 2. The second-order valence-electron chi connectivity index (χ2n) is 8.22. The van der Waals surface area contributed by atoms with Crippen molar-refractivity contribution in [2.24, 2.45) is 0 Å². The van der Waals surface area contributed by atoms with Crippen molar-refractivity contribution in [3.63, 3.8) is 0 Å². The minimum absolute atomic E-state index is 0.276. The Balaban J connectivity index is 0. The molecule has 0 spiro atoms. The third kappa shape index (κ3) is 26.5. The van der Waals surface area contributed by atoms with Crippen LogP contribution in [0.25, 0.3) is 0 Å². The van der Waals surface area contributed by atoms with E-state index in [9.17, 15) is 9.59 Å². The summed E-state index contributed by atoms with van der Waals surface area (Å²) in [6.07, 6.45) is 16.5. The number of hydrogen-bond donors (Lipinski definition) is 0. The minimum atomic E-state index is 0.276. The SMILES string of the molecule is CC(=O)CC/C=C(/C)CCC=C(C)C.CC(=O)CC/C=C(\C)CCC=C(C)C. The summed E-state index contributed by atoms with van der Waals surface area (Å²) in [5.41, 5.74) is 5.54. The van der Waals surface area contributed by atoms with Crippen LogP contribution in [0.4, 0.5) is 0 Å². The average Bonchev–Trinajstić information content (AvgIpc) is 2.54. The largest absolute Gasteiger partial charge is 0.300 e. The van der Waals surface area contributed by atoms with Crippen molar-refractivity contribution >= 4 is 11.6 Å². The van der Waals surface area contributed by atoms with E-state index in [1.54, 1.807) is 13.8 Å². The van der Waals surface area contributed by atoms with Crippen molar-refractivity contribution in [1.82, 2.24) is 0 Å². The van der Waals surface area contributed by atoms with E-state index in [0.29, 0.717) is 12.8 Å². The van der Waals surface area contributed by atoms with Gasteiger partial charge in [0, 0.05) is 12.8 Å². The molecular formula is C26H44O2. The first kappa shape index (κ1) is 28.5. The van der Waals surface area contributed by atoms with Gasteiger partial charge in [0.2, 0.25) is 0 Å². The van der Waals surface area contributed by atoms with Gasteiger partial charge in [-0.2, -0.15) is 0 Å². The van der Waals surface area contributed by atoms with Crippen LogP contribution in [0.5, 0.6) is 0 Å². The van der Waals surface area contributed by atoms with Crippen LogP contribution < -0.4 is 0 Å². The van der Waals surface area contributed by atoms with Gasteiger partial charge in [0.15, 0.2) is 0 Å². The zero-order valence-corrected chi connectivity index (χ0v) is 19.8. The molecular weight excluding hydrogens is 344 g/mol. The lowest BCUT2D eigenvalue weighted by molar-refractivity contribution is -0.117. The van der Waals surface area contributed by atoms with Crippen molar-refractivity contribution in [2.75, 3.05) is 0 Å². The van der Waals surface area contributed by atoms with Gasteiger partial charge < -0.3 is 9.59 Å². The summed E-state index contributed by atoms with van der Waals surface area (Å²) in [5, 5.41) is 0. The number of hydrogen-bond acceptors (Lipinski definition) is 2. The zero-order valence-electron chi connectivity index (χ0n) is 19.8. The van der Waals surface area contributed by atoms with E-state index >= 15 is 0 Å². The molecule has 0 N–H and O–H groups in total. The van der Waals surface area contributed by atoms with E-state index in [0.717, 1.165) is 38.5 Å². The summed E-state index contributed by atoms with van der Waals surface area (Å²) >= 11 is 0. The molecule has 0 aromatic carbocycles. The maximum atomic E-state index is 10.7. The smallest absolute Gasteiger partial charge is 0.130 e. The van der Waals surface area contributed by atoms with Crippen LogP contribution in [-0.4, -0.2) is 11.6 Å². The summed E-state index contributed by atoms with van der Waals surface area (Å²) in [7, 11) is 0. The molecule has 160 valence electrons. The van der Waals surface area contributed by atoms with Crippen LogP contribution in [-0.2, 0) is 9.59 Å². The van der Waals surface area contributed by atoms with Gasteiger partial charge in [0.25, 0.3) is 0 Å². The second kappa shape index (κ2) is 18.7. The molecule has 0 aliphatic rings. The lowest BCUT2D eigenvalue weighted by atomic mass is 10.1. The molecule has 0 bridgehead atoms. The lowest BCUT2D eigenvalue weighted by Crippen LogP contribution is -1.87. The van der Waals surface area contributed by atoms with E-state index in [1.807, 2.05) is 0 Å². The molecule has 0 heterocycles. The lowest BCUT2D eigenvalue weighted by Gasteiger charge is -1.98. The third-order valence-electron chi connectivity index (χ3n) is 4.16. The van der Waals surface area contributed by atoms with Gasteiger partial charge in [-0.15, -0.1) is 0 Å². The molecule has 2 heteroatoms. The molecule has 0 saturated carbocycles. The Morgan fingerprint density at radius 3 is 1.00 bits per heavy atom. The molecule has 0 atom stereocenters. The Bertz CT molecular complexity index is 511. The fraction of sp³-hybridized carbons (Fsp3) is 0.615. The van der Waals surface area contributed by atoms with Gasteiger partial charge in [-0.1, -0.05) is 46.6 Å². The fourth-order valence-corrected chi connectivity index (χ4v) is 2.42. The molecule has 0 saturated heterocycles. The number of Topliss-reactive ketones (excluding diaryl/α,β-unsaturated/α-hetero) is 2. The Hall–Kier alpha value is -1.70. The molecule has 0 unspecified atom stereocenters. The van der Waals surface area contributed by atoms with Crippen LogP contribution in [0.1, 0.15) is 107 Å². The number of allylic oxidation sites excluding steroid dienone is 8. The molecule has 28 heavy (non-hydrogen) atoms. The predicted molar refractivity (Wildman–Crippen MR) is 125 cm³/mol. The van der Waals surface area contributed by atoms with Crippen molar-refractivity contribution in [3.8, 4) is 0 Å². The van der Waals surface area contributed by atoms with Crippen LogP contribution in [0.3, 0.4) is 0 Å². The average molecular weight is 389 g/mol. The third-order valence-corrected chi connectivity index (χ3v) is 4.16. The Labute approximate surface area is 174 Å². The highest BCUT2D eigenvalue weighted by Crippen LogP contribution is 2.09. The predicted octanol–water partition coefficient (Wildman–Crippen LogP) is 8.10. The summed E-state index contributed by atoms with van der Waals surface area (Å²) in [6.45, 7) is 16.0. The Morgan fingerprint density at radius 1 is 0.464 bits per heavy atom. The maximum Gasteiger partial charge on any atom is 0.130 e. The van der Waals surface area contributed by atoms with Crippen LogP contribution in [0.15, 0.2) is 46.6 Å². The first-order valence-corrected chi connectivity index (χ1v) is 10.6. The van der Waals surface area contributed by atoms with Crippen molar-refractivity contribution in [1.29, 1.82) is 0 Å². The van der Waals surface area contributed by atoms with Gasteiger partial charge in [0.1, 0.15) is 11.6 Å². The van der Waals surface area contributed by atoms with Crippen LogP contribution in [0.2, 0.25) is 0 Å². The van der Waals surface area contributed by atoms with Crippen molar-refractivity contribution < 1.29 is 9.59 Å². The van der Waals surface area contributed by atoms with Gasteiger partial charge in [0.05, 0.1) is 0 Å². The van der Waals surface area contributed by atoms with Crippen molar-refractivity contribution in [2.45, 2.75) is 107 Å². The zero-order chi connectivity index (χ0) is 21.9. The summed E-state index contributed by atoms with van der Waals surface area (Å²) in [6, 6.07) is 0. The topological polar surface area (TPSA) is 34.1 Å². The number of rotatable bonds is 12. The molecule has 2 nitrogen and oxygen atoms in total. The minimum Gasteiger partial charge on any atom is -0.300 e. The van der Waals surface area contributed by atoms with E-state index < -0.39 is 0 Å². The summed E-state index contributed by atoms with van der Waals surface area (Å²) < 4.78 is 0. The molecule has 0 aromatic heterocycles. The fourth-order valence-electron chi connectivity index (χ4n) is 2.42. The van der Waals surface area contributed by atoms with Gasteiger partial charge in [-0.25, -0.2) is 0 Å². The summed E-state index contributed by atoms with van der Waals surface area (Å²) in [5.74, 6) is 0.552. The van der Waals surface area contributed by atoms with E-state index in [4.69, 9.17) is 0 Å². The Morgan fingerprint density at radius 2 is 0.750 bits per heavy atom. The quantitative estimate of drug-likeness (QED) is 0.316. The summed E-state index contributed by atoms with van der Waals surface area (Å²) in [4.78, 5) is 21.4. The standard InChI is InChI=1S/2C13H22O/c2*1-11(2)7-5-8-12(3)9-6-10-13(4)14/h2*7,9H,5-6,8,10H2,1-4H3/b12-9+;12-9-. The normalized spacial score (nSPS) is 11.3. The molecule has 0 aliphatic carbocycles. The molecule has 0 fully saturated rings. The molecule has 0 radical (unpaired) electrons. The van der Waals surface area contributed by atoms with Crippen LogP contribution in [0, 0.1) is 0 Å². The second-order valence-corrected chi connectivity index (χ2v) is 8.22. The van der Waals surface area contributed by atoms with E-state index in [1.165, 1.54) is 22.3 Å².